The van der Waals surface area contributed by atoms with Gasteiger partial charge >= 0.3 is 6.03 Å². The molecule has 0 saturated carbocycles. The number of carbonyl (C=O) groups is 3. The number of anilines is 1. The summed E-state index contributed by atoms with van der Waals surface area (Å²) in [6.45, 7) is 2.20. The molecule has 4 amide bonds. The average Bonchev–Trinajstić information content (AvgIpc) is 2.81. The van der Waals surface area contributed by atoms with E-state index in [1.54, 1.807) is 25.1 Å². The lowest BCUT2D eigenvalue weighted by Gasteiger charge is -2.28. The maximum absolute atomic E-state index is 13.3. The van der Waals surface area contributed by atoms with Gasteiger partial charge in [0, 0.05) is 12.1 Å². The molecule has 1 aliphatic heterocycles. The van der Waals surface area contributed by atoms with Gasteiger partial charge in [0.05, 0.1) is 31.5 Å². The number of benzene rings is 2. The normalized spacial score (nSPS) is 14.5. The van der Waals surface area contributed by atoms with E-state index >= 15 is 0 Å². The molecule has 2 aromatic carbocycles. The summed E-state index contributed by atoms with van der Waals surface area (Å²) in [5, 5.41) is 2.38. The Morgan fingerprint density at radius 1 is 1.03 bits per heavy atom. The highest BCUT2D eigenvalue weighted by Gasteiger charge is 2.38. The third-order valence-electron chi connectivity index (χ3n) is 4.69. The number of halogens is 1. The fourth-order valence-corrected chi connectivity index (χ4v) is 3.41. The van der Waals surface area contributed by atoms with Crippen molar-refractivity contribution in [1.29, 1.82) is 0 Å². The maximum atomic E-state index is 13.3. The first kappa shape index (κ1) is 24.5. The summed E-state index contributed by atoms with van der Waals surface area (Å²) in [4.78, 5) is 39.2. The lowest BCUT2D eigenvalue weighted by atomic mass is 10.1. The minimum Gasteiger partial charge on any atom is -0.495 e. The van der Waals surface area contributed by atoms with Gasteiger partial charge < -0.3 is 18.9 Å². The van der Waals surface area contributed by atoms with Crippen LogP contribution in [-0.2, 0) is 9.59 Å². The zero-order valence-corrected chi connectivity index (χ0v) is 19.4. The van der Waals surface area contributed by atoms with Gasteiger partial charge in [0.2, 0.25) is 0 Å². The van der Waals surface area contributed by atoms with E-state index < -0.39 is 17.8 Å². The number of barbiturate groups is 1. The van der Waals surface area contributed by atoms with Crippen molar-refractivity contribution >= 4 is 41.2 Å². The number of hydrogen-bond acceptors (Lipinski definition) is 7. The molecule has 0 unspecified atom stereocenters. The zero-order valence-electron chi connectivity index (χ0n) is 18.6. The van der Waals surface area contributed by atoms with Crippen LogP contribution in [0.15, 0.2) is 35.9 Å². The van der Waals surface area contributed by atoms with Crippen molar-refractivity contribution in [3.8, 4) is 35.3 Å². The summed E-state index contributed by atoms with van der Waals surface area (Å²) in [6, 6.07) is 6.65. The number of methoxy groups -OCH3 is 2. The summed E-state index contributed by atoms with van der Waals surface area (Å²) < 4.78 is 21.5. The van der Waals surface area contributed by atoms with Crippen LogP contribution in [0, 0.1) is 12.3 Å². The molecule has 1 N–H and O–H groups in total. The third kappa shape index (κ3) is 4.92. The molecule has 1 heterocycles. The summed E-state index contributed by atoms with van der Waals surface area (Å²) >= 11 is 6.13. The number of carbonyl (C=O) groups excluding carboxylic acids is 3. The van der Waals surface area contributed by atoms with Gasteiger partial charge in [0.1, 0.15) is 23.7 Å². The number of nitrogens with one attached hydrogen (secondary N) is 1. The first-order valence-electron chi connectivity index (χ1n) is 10.0. The van der Waals surface area contributed by atoms with Crippen LogP contribution in [0.3, 0.4) is 0 Å². The van der Waals surface area contributed by atoms with Crippen LogP contribution in [0.4, 0.5) is 10.5 Å². The van der Waals surface area contributed by atoms with Crippen LogP contribution < -0.4 is 29.2 Å². The SMILES string of the molecule is C#CCOc1ccc(/C=C2\C(=O)NC(=O)N(c3cc(OC)c(Cl)cc3OC)C2=O)cc1OCC. The molecule has 3 rings (SSSR count). The second-order valence-corrected chi connectivity index (χ2v) is 7.16. The van der Waals surface area contributed by atoms with Crippen molar-refractivity contribution in [2.75, 3.05) is 32.3 Å². The van der Waals surface area contributed by atoms with E-state index in [1.807, 2.05) is 0 Å². The highest BCUT2D eigenvalue weighted by molar-refractivity contribution is 6.39. The molecular formula is C24H21ClN2O7. The molecule has 0 bridgehead atoms. The molecule has 0 spiro atoms. The second-order valence-electron chi connectivity index (χ2n) is 6.75. The number of imide groups is 2. The molecule has 34 heavy (non-hydrogen) atoms. The van der Waals surface area contributed by atoms with Gasteiger partial charge in [0.15, 0.2) is 11.5 Å². The molecule has 0 radical (unpaired) electrons. The van der Waals surface area contributed by atoms with E-state index in [4.69, 9.17) is 37.0 Å². The molecule has 9 nitrogen and oxygen atoms in total. The average molecular weight is 485 g/mol. The number of rotatable bonds is 8. The molecule has 0 aliphatic carbocycles. The monoisotopic (exact) mass is 484 g/mol. The number of amides is 4. The predicted molar refractivity (Wildman–Crippen MR) is 125 cm³/mol. The van der Waals surface area contributed by atoms with Gasteiger partial charge in [-0.2, -0.15) is 0 Å². The van der Waals surface area contributed by atoms with Crippen molar-refractivity contribution in [2.24, 2.45) is 0 Å². The number of ether oxygens (including phenoxy) is 4. The molecule has 10 heteroatoms. The van der Waals surface area contributed by atoms with Crippen molar-refractivity contribution in [3.63, 3.8) is 0 Å². The smallest absolute Gasteiger partial charge is 0.336 e. The minimum absolute atomic E-state index is 0.0465. The summed E-state index contributed by atoms with van der Waals surface area (Å²) in [6.07, 6.45) is 6.58. The predicted octanol–water partition coefficient (Wildman–Crippen LogP) is 3.43. The van der Waals surface area contributed by atoms with Gasteiger partial charge in [0.25, 0.3) is 11.8 Å². The highest BCUT2D eigenvalue weighted by atomic mass is 35.5. The van der Waals surface area contributed by atoms with Crippen LogP contribution in [-0.4, -0.2) is 45.3 Å². The molecule has 0 atom stereocenters. The summed E-state index contributed by atoms with van der Waals surface area (Å²) in [5.74, 6) is 1.80. The Bertz CT molecular complexity index is 1220. The van der Waals surface area contributed by atoms with Gasteiger partial charge in [-0.3, -0.25) is 14.9 Å². The van der Waals surface area contributed by atoms with E-state index in [0.29, 0.717) is 23.7 Å². The molecule has 1 saturated heterocycles. The van der Waals surface area contributed by atoms with Crippen LogP contribution in [0.1, 0.15) is 12.5 Å². The second kappa shape index (κ2) is 10.6. The van der Waals surface area contributed by atoms with Crippen LogP contribution in [0.2, 0.25) is 5.02 Å². The maximum Gasteiger partial charge on any atom is 0.336 e. The Labute approximate surface area is 201 Å². The standard InChI is InChI=1S/C24H21ClN2O7/c1-5-9-34-18-8-7-14(11-21(18)33-6-2)10-15-22(28)26-24(30)27(23(15)29)17-13-19(31-3)16(25)12-20(17)32-4/h1,7-8,10-13H,6,9H2,2-4H3,(H,26,28,30)/b15-10+. The van der Waals surface area contributed by atoms with E-state index in [1.165, 1.54) is 32.4 Å². The Kier molecular flexibility index (Phi) is 7.66. The molecular weight excluding hydrogens is 464 g/mol. The first-order chi connectivity index (χ1) is 16.3. The summed E-state index contributed by atoms with van der Waals surface area (Å²) in [5.41, 5.74) is 0.234. The third-order valence-corrected chi connectivity index (χ3v) is 4.98. The largest absolute Gasteiger partial charge is 0.495 e. The number of urea groups is 1. The van der Waals surface area contributed by atoms with Crippen LogP contribution in [0.5, 0.6) is 23.0 Å². The lowest BCUT2D eigenvalue weighted by molar-refractivity contribution is -0.122. The first-order valence-corrected chi connectivity index (χ1v) is 10.4. The van der Waals surface area contributed by atoms with E-state index in [-0.39, 0.29) is 34.4 Å². The molecule has 1 fully saturated rings. The van der Waals surface area contributed by atoms with Crippen molar-refractivity contribution in [3.05, 3.63) is 46.5 Å². The quantitative estimate of drug-likeness (QED) is 0.348. The van der Waals surface area contributed by atoms with E-state index in [9.17, 15) is 14.4 Å². The number of nitrogens with zero attached hydrogens (tertiary/aromatic N) is 1. The minimum atomic E-state index is -0.942. The van der Waals surface area contributed by atoms with E-state index in [0.717, 1.165) is 4.90 Å². The van der Waals surface area contributed by atoms with Crippen molar-refractivity contribution in [2.45, 2.75) is 6.92 Å². The van der Waals surface area contributed by atoms with Gasteiger partial charge in [-0.05, 0) is 30.7 Å². The van der Waals surface area contributed by atoms with E-state index in [2.05, 4.69) is 11.2 Å². The van der Waals surface area contributed by atoms with Gasteiger partial charge in [-0.25, -0.2) is 9.69 Å². The molecule has 176 valence electrons. The van der Waals surface area contributed by atoms with Crippen molar-refractivity contribution < 1.29 is 33.3 Å². The Morgan fingerprint density at radius 3 is 2.41 bits per heavy atom. The zero-order chi connectivity index (χ0) is 24.8. The molecule has 0 aromatic heterocycles. The molecule has 1 aliphatic rings. The number of terminal acetylenes is 1. The van der Waals surface area contributed by atoms with Crippen LogP contribution in [0.25, 0.3) is 6.08 Å². The van der Waals surface area contributed by atoms with Gasteiger partial charge in [-0.15, -0.1) is 6.42 Å². The van der Waals surface area contributed by atoms with Crippen LogP contribution >= 0.6 is 11.6 Å². The fraction of sp³-hybridized carbons (Fsp3) is 0.208. The fourth-order valence-electron chi connectivity index (χ4n) is 3.18. The van der Waals surface area contributed by atoms with Crippen molar-refractivity contribution in [1.82, 2.24) is 5.32 Å². The van der Waals surface area contributed by atoms with Gasteiger partial charge in [-0.1, -0.05) is 23.6 Å². The Balaban J connectivity index is 2.05. The molecule has 2 aromatic rings. The Morgan fingerprint density at radius 2 is 1.76 bits per heavy atom. The summed E-state index contributed by atoms with van der Waals surface area (Å²) in [7, 11) is 2.74. The lowest BCUT2D eigenvalue weighted by Crippen LogP contribution is -2.54. The number of hydrogen-bond donors (Lipinski definition) is 1. The topological polar surface area (TPSA) is 103 Å². The Hall–Kier alpha value is -4.16. The highest BCUT2D eigenvalue weighted by Crippen LogP contribution is 2.39.